The van der Waals surface area contributed by atoms with Crippen LogP contribution in [0.5, 0.6) is 11.5 Å². The Morgan fingerprint density at radius 2 is 1.88 bits per heavy atom. The number of carbonyl (C=O) groups is 1. The number of aryl methyl sites for hydroxylation is 1. The van der Waals surface area contributed by atoms with E-state index in [-0.39, 0.29) is 5.91 Å². The Bertz CT molecular complexity index is 1300. The van der Waals surface area contributed by atoms with Gasteiger partial charge in [0.25, 0.3) is 0 Å². The molecule has 0 saturated carbocycles. The van der Waals surface area contributed by atoms with E-state index in [2.05, 4.69) is 15.4 Å². The summed E-state index contributed by atoms with van der Waals surface area (Å²) in [6.07, 6.45) is 6.75. The number of anilines is 1. The summed E-state index contributed by atoms with van der Waals surface area (Å²) in [5, 5.41) is 7.50. The Balaban J connectivity index is 1.46. The SMILES string of the molecule is COc1ccc(NC(=O)C=Cc2c(C)nn(-c3ccccc3)c2C)cc1OCc1cccnc1. The van der Waals surface area contributed by atoms with Crippen molar-refractivity contribution in [1.82, 2.24) is 14.8 Å². The second kappa shape index (κ2) is 10.5. The molecule has 2 heterocycles. The summed E-state index contributed by atoms with van der Waals surface area (Å²) in [5.74, 6) is 0.857. The summed E-state index contributed by atoms with van der Waals surface area (Å²) in [4.78, 5) is 16.7. The molecular weight excluding hydrogens is 428 g/mol. The molecule has 1 amide bonds. The highest BCUT2D eigenvalue weighted by Gasteiger charge is 2.12. The first-order valence-electron chi connectivity index (χ1n) is 10.9. The van der Waals surface area contributed by atoms with Gasteiger partial charge in [-0.05, 0) is 50.3 Å². The minimum atomic E-state index is -0.255. The Kier molecular flexibility index (Phi) is 7.03. The average molecular weight is 455 g/mol. The fourth-order valence-electron chi connectivity index (χ4n) is 3.57. The van der Waals surface area contributed by atoms with Gasteiger partial charge in [0.15, 0.2) is 11.5 Å². The molecule has 0 bridgehead atoms. The number of hydrogen-bond acceptors (Lipinski definition) is 5. The summed E-state index contributed by atoms with van der Waals surface area (Å²) in [7, 11) is 1.58. The van der Waals surface area contributed by atoms with Crippen molar-refractivity contribution in [3.8, 4) is 17.2 Å². The first-order valence-corrected chi connectivity index (χ1v) is 10.9. The maximum atomic E-state index is 12.6. The van der Waals surface area contributed by atoms with E-state index in [1.165, 1.54) is 6.08 Å². The minimum absolute atomic E-state index is 0.255. The molecule has 34 heavy (non-hydrogen) atoms. The van der Waals surface area contributed by atoms with Crippen LogP contribution in [0.1, 0.15) is 22.5 Å². The second-order valence-corrected chi connectivity index (χ2v) is 7.67. The molecule has 0 unspecified atom stereocenters. The number of aromatic nitrogens is 3. The predicted molar refractivity (Wildman–Crippen MR) is 132 cm³/mol. The van der Waals surface area contributed by atoms with Gasteiger partial charge in [-0.3, -0.25) is 9.78 Å². The number of methoxy groups -OCH3 is 1. The number of nitrogens with zero attached hydrogens (tertiary/aromatic N) is 3. The van der Waals surface area contributed by atoms with Crippen molar-refractivity contribution in [3.63, 3.8) is 0 Å². The van der Waals surface area contributed by atoms with Crippen molar-refractivity contribution in [2.75, 3.05) is 12.4 Å². The van der Waals surface area contributed by atoms with Crippen molar-refractivity contribution in [3.05, 3.63) is 102 Å². The number of hydrogen-bond donors (Lipinski definition) is 1. The van der Waals surface area contributed by atoms with Gasteiger partial charge in [0.1, 0.15) is 6.61 Å². The summed E-state index contributed by atoms with van der Waals surface area (Å²) in [5.41, 5.74) is 5.23. The molecule has 2 aromatic heterocycles. The summed E-state index contributed by atoms with van der Waals surface area (Å²) in [6.45, 7) is 4.25. The molecule has 0 atom stereocenters. The first kappa shape index (κ1) is 22.8. The summed E-state index contributed by atoms with van der Waals surface area (Å²) >= 11 is 0. The lowest BCUT2D eigenvalue weighted by atomic mass is 10.2. The summed E-state index contributed by atoms with van der Waals surface area (Å²) < 4.78 is 13.2. The molecule has 1 N–H and O–H groups in total. The van der Waals surface area contributed by atoms with Crippen LogP contribution in [0.2, 0.25) is 0 Å². The van der Waals surface area contributed by atoms with E-state index in [1.54, 1.807) is 43.8 Å². The number of benzene rings is 2. The molecular formula is C27H26N4O3. The third kappa shape index (κ3) is 5.32. The smallest absolute Gasteiger partial charge is 0.248 e. The molecule has 0 aliphatic heterocycles. The van der Waals surface area contributed by atoms with Gasteiger partial charge in [0, 0.05) is 47.0 Å². The number of rotatable bonds is 8. The van der Waals surface area contributed by atoms with Gasteiger partial charge >= 0.3 is 0 Å². The Labute approximate surface area is 198 Å². The maximum Gasteiger partial charge on any atom is 0.248 e. The van der Waals surface area contributed by atoms with Crippen molar-refractivity contribution in [2.45, 2.75) is 20.5 Å². The van der Waals surface area contributed by atoms with E-state index in [0.717, 1.165) is 28.2 Å². The number of ether oxygens (including phenoxy) is 2. The lowest BCUT2D eigenvalue weighted by Crippen LogP contribution is -2.08. The number of para-hydroxylation sites is 1. The molecule has 0 spiro atoms. The first-order chi connectivity index (χ1) is 16.5. The van der Waals surface area contributed by atoms with E-state index in [9.17, 15) is 4.79 Å². The normalized spacial score (nSPS) is 10.9. The average Bonchev–Trinajstić information content (AvgIpc) is 3.15. The number of carbonyl (C=O) groups excluding carboxylic acids is 1. The third-order valence-electron chi connectivity index (χ3n) is 5.30. The van der Waals surface area contributed by atoms with E-state index < -0.39 is 0 Å². The summed E-state index contributed by atoms with van der Waals surface area (Å²) in [6, 6.07) is 19.0. The Morgan fingerprint density at radius 3 is 2.62 bits per heavy atom. The molecule has 0 aliphatic carbocycles. The Hall–Kier alpha value is -4.39. The van der Waals surface area contributed by atoms with Crippen LogP contribution < -0.4 is 14.8 Å². The zero-order valence-electron chi connectivity index (χ0n) is 19.4. The maximum absolute atomic E-state index is 12.6. The lowest BCUT2D eigenvalue weighted by molar-refractivity contribution is -0.111. The van der Waals surface area contributed by atoms with E-state index in [1.807, 2.05) is 61.0 Å². The van der Waals surface area contributed by atoms with Crippen molar-refractivity contribution in [2.24, 2.45) is 0 Å². The van der Waals surface area contributed by atoms with E-state index in [0.29, 0.717) is 23.8 Å². The molecule has 7 heteroatoms. The number of amides is 1. The number of pyridine rings is 1. The van der Waals surface area contributed by atoms with Crippen LogP contribution in [-0.2, 0) is 11.4 Å². The molecule has 0 fully saturated rings. The molecule has 172 valence electrons. The van der Waals surface area contributed by atoms with Gasteiger partial charge in [-0.1, -0.05) is 24.3 Å². The molecule has 0 saturated heterocycles. The van der Waals surface area contributed by atoms with Crippen molar-refractivity contribution >= 4 is 17.7 Å². The van der Waals surface area contributed by atoms with Crippen LogP contribution in [0.4, 0.5) is 5.69 Å². The zero-order valence-corrected chi connectivity index (χ0v) is 19.4. The van der Waals surface area contributed by atoms with Crippen LogP contribution in [0.25, 0.3) is 11.8 Å². The Morgan fingerprint density at radius 1 is 1.06 bits per heavy atom. The molecule has 0 radical (unpaired) electrons. The highest BCUT2D eigenvalue weighted by Crippen LogP contribution is 2.31. The lowest BCUT2D eigenvalue weighted by Gasteiger charge is -2.12. The second-order valence-electron chi connectivity index (χ2n) is 7.67. The number of nitrogens with one attached hydrogen (secondary N) is 1. The van der Waals surface area contributed by atoms with Crippen LogP contribution in [0, 0.1) is 13.8 Å². The fraction of sp³-hybridized carbons (Fsp3) is 0.148. The fourth-order valence-corrected chi connectivity index (χ4v) is 3.57. The predicted octanol–water partition coefficient (Wildman–Crippen LogP) is 5.12. The van der Waals surface area contributed by atoms with Crippen LogP contribution >= 0.6 is 0 Å². The van der Waals surface area contributed by atoms with Crippen LogP contribution in [-0.4, -0.2) is 27.8 Å². The van der Waals surface area contributed by atoms with Gasteiger partial charge in [-0.2, -0.15) is 5.10 Å². The highest BCUT2D eigenvalue weighted by molar-refractivity contribution is 6.02. The topological polar surface area (TPSA) is 78.3 Å². The largest absolute Gasteiger partial charge is 0.493 e. The standard InChI is InChI=1S/C27H26N4O3/c1-19-24(20(2)31(30-19)23-9-5-4-6-10-23)12-14-27(32)29-22-11-13-25(33-3)26(16-22)34-18-21-8-7-15-28-17-21/h4-17H,18H2,1-3H3,(H,29,32). The third-order valence-corrected chi connectivity index (χ3v) is 5.30. The molecule has 0 aliphatic rings. The van der Waals surface area contributed by atoms with Gasteiger partial charge in [0.05, 0.1) is 18.5 Å². The molecule has 4 aromatic rings. The highest BCUT2D eigenvalue weighted by atomic mass is 16.5. The van der Waals surface area contributed by atoms with E-state index in [4.69, 9.17) is 9.47 Å². The van der Waals surface area contributed by atoms with Gasteiger partial charge in [-0.25, -0.2) is 4.68 Å². The van der Waals surface area contributed by atoms with Crippen LogP contribution in [0.3, 0.4) is 0 Å². The quantitative estimate of drug-likeness (QED) is 0.374. The molecule has 2 aromatic carbocycles. The monoisotopic (exact) mass is 454 g/mol. The van der Waals surface area contributed by atoms with Crippen molar-refractivity contribution < 1.29 is 14.3 Å². The molecule has 4 rings (SSSR count). The molecule has 7 nitrogen and oxygen atoms in total. The van der Waals surface area contributed by atoms with Crippen molar-refractivity contribution in [1.29, 1.82) is 0 Å². The zero-order chi connectivity index (χ0) is 23.9. The van der Waals surface area contributed by atoms with Gasteiger partial charge in [0.2, 0.25) is 5.91 Å². The minimum Gasteiger partial charge on any atom is -0.493 e. The van der Waals surface area contributed by atoms with Gasteiger partial charge < -0.3 is 14.8 Å². The van der Waals surface area contributed by atoms with Gasteiger partial charge in [-0.15, -0.1) is 0 Å². The van der Waals surface area contributed by atoms with Crippen LogP contribution in [0.15, 0.2) is 79.1 Å². The van der Waals surface area contributed by atoms with E-state index >= 15 is 0 Å².